The molecule has 1 atom stereocenters. The van der Waals surface area contributed by atoms with E-state index in [1.54, 1.807) is 0 Å². The van der Waals surface area contributed by atoms with Gasteiger partial charge in [-0.2, -0.15) is 0 Å². The Morgan fingerprint density at radius 2 is 1.81 bits per heavy atom. The van der Waals surface area contributed by atoms with Gasteiger partial charge in [-0.3, -0.25) is 0 Å². The van der Waals surface area contributed by atoms with Gasteiger partial charge in [-0.25, -0.2) is 0 Å². The van der Waals surface area contributed by atoms with Crippen LogP contribution in [0.3, 0.4) is 0 Å². The van der Waals surface area contributed by atoms with Crippen molar-refractivity contribution < 1.29 is 4.74 Å². The fourth-order valence-electron chi connectivity index (χ4n) is 3.52. The second-order valence-corrected chi connectivity index (χ2v) is 6.09. The molecule has 1 aliphatic heterocycles. The zero-order valence-corrected chi connectivity index (χ0v) is 12.3. The van der Waals surface area contributed by atoms with Crippen LogP contribution in [0.2, 0.25) is 0 Å². The lowest BCUT2D eigenvalue weighted by Crippen LogP contribution is -2.19. The summed E-state index contributed by atoms with van der Waals surface area (Å²) in [5.41, 5.74) is 6.97. The highest BCUT2D eigenvalue weighted by Gasteiger charge is 2.19. The fourth-order valence-corrected chi connectivity index (χ4v) is 3.52. The van der Waals surface area contributed by atoms with Crippen LogP contribution in [0.4, 0.5) is 5.69 Å². The SMILES string of the molecule is c1ccc2c(c1)Cc1cc(NC3CCCOCC3)ccc1-2. The molecule has 1 N–H and O–H groups in total. The first-order chi connectivity index (χ1) is 10.4. The Balaban J connectivity index is 1.55. The topological polar surface area (TPSA) is 21.3 Å². The Bertz CT molecular complexity index is 642. The molecule has 0 bridgehead atoms. The number of nitrogens with one attached hydrogen (secondary N) is 1. The second-order valence-electron chi connectivity index (χ2n) is 6.09. The number of ether oxygens (including phenoxy) is 1. The molecule has 2 aliphatic rings. The van der Waals surface area contributed by atoms with E-state index in [-0.39, 0.29) is 0 Å². The molecule has 0 radical (unpaired) electrons. The number of benzene rings is 2. The lowest BCUT2D eigenvalue weighted by molar-refractivity contribution is 0.144. The maximum atomic E-state index is 5.54. The van der Waals surface area contributed by atoms with Crippen molar-refractivity contribution in [1.82, 2.24) is 0 Å². The van der Waals surface area contributed by atoms with Crippen molar-refractivity contribution in [2.24, 2.45) is 0 Å². The van der Waals surface area contributed by atoms with Gasteiger partial charge in [0.05, 0.1) is 0 Å². The van der Waals surface area contributed by atoms with E-state index in [9.17, 15) is 0 Å². The molecular formula is C19H21NO. The monoisotopic (exact) mass is 279 g/mol. The summed E-state index contributed by atoms with van der Waals surface area (Å²) in [4.78, 5) is 0. The van der Waals surface area contributed by atoms with E-state index >= 15 is 0 Å². The van der Waals surface area contributed by atoms with Crippen molar-refractivity contribution in [2.45, 2.75) is 31.7 Å². The third kappa shape index (κ3) is 2.56. The molecule has 0 aromatic heterocycles. The van der Waals surface area contributed by atoms with Crippen molar-refractivity contribution in [3.05, 3.63) is 53.6 Å². The van der Waals surface area contributed by atoms with Gasteiger partial charge in [0.25, 0.3) is 0 Å². The average Bonchev–Trinajstić information content (AvgIpc) is 2.67. The first-order valence-electron chi connectivity index (χ1n) is 7.96. The van der Waals surface area contributed by atoms with Crippen molar-refractivity contribution in [3.8, 4) is 11.1 Å². The van der Waals surface area contributed by atoms with Crippen molar-refractivity contribution in [1.29, 1.82) is 0 Å². The van der Waals surface area contributed by atoms with Gasteiger partial charge >= 0.3 is 0 Å². The zero-order chi connectivity index (χ0) is 14.1. The van der Waals surface area contributed by atoms with Gasteiger partial charge in [0.1, 0.15) is 0 Å². The van der Waals surface area contributed by atoms with Crippen molar-refractivity contribution >= 4 is 5.69 Å². The summed E-state index contributed by atoms with van der Waals surface area (Å²) in [6.45, 7) is 1.80. The van der Waals surface area contributed by atoms with E-state index in [1.807, 2.05) is 0 Å². The van der Waals surface area contributed by atoms with Crippen LogP contribution in [0, 0.1) is 0 Å². The maximum Gasteiger partial charge on any atom is 0.0485 e. The maximum absolute atomic E-state index is 5.54. The van der Waals surface area contributed by atoms with E-state index in [4.69, 9.17) is 4.74 Å². The third-order valence-electron chi connectivity index (χ3n) is 4.62. The van der Waals surface area contributed by atoms with Crippen LogP contribution in [0.15, 0.2) is 42.5 Å². The minimum absolute atomic E-state index is 0.550. The normalized spacial score (nSPS) is 20.5. The highest BCUT2D eigenvalue weighted by molar-refractivity contribution is 5.78. The quantitative estimate of drug-likeness (QED) is 0.757. The predicted octanol–water partition coefficient (Wildman–Crippen LogP) is 4.24. The Kier molecular flexibility index (Phi) is 3.40. The molecule has 2 nitrogen and oxygen atoms in total. The fraction of sp³-hybridized carbons (Fsp3) is 0.368. The molecule has 4 rings (SSSR count). The smallest absolute Gasteiger partial charge is 0.0485 e. The number of fused-ring (bicyclic) bond motifs is 3. The molecule has 0 spiro atoms. The standard InChI is InChI=1S/C19H21NO/c1-2-6-18-14(4-1)12-15-13-17(7-8-19(15)18)20-16-5-3-10-21-11-9-16/h1-2,4,6-8,13,16,20H,3,5,9-12H2. The molecule has 1 saturated heterocycles. The summed E-state index contributed by atoms with van der Waals surface area (Å²) in [7, 11) is 0. The largest absolute Gasteiger partial charge is 0.382 e. The van der Waals surface area contributed by atoms with Crippen LogP contribution in [0.25, 0.3) is 11.1 Å². The van der Waals surface area contributed by atoms with Gasteiger partial charge in [-0.15, -0.1) is 0 Å². The molecule has 1 fully saturated rings. The zero-order valence-electron chi connectivity index (χ0n) is 12.3. The van der Waals surface area contributed by atoms with Gasteiger partial charge in [0, 0.05) is 24.9 Å². The van der Waals surface area contributed by atoms with Crippen LogP contribution in [-0.2, 0) is 11.2 Å². The number of rotatable bonds is 2. The van der Waals surface area contributed by atoms with Gasteiger partial charge in [0.2, 0.25) is 0 Å². The summed E-state index contributed by atoms with van der Waals surface area (Å²) in [5, 5.41) is 3.70. The van der Waals surface area contributed by atoms with E-state index in [0.717, 1.165) is 32.5 Å². The summed E-state index contributed by atoms with van der Waals surface area (Å²) < 4.78 is 5.54. The van der Waals surface area contributed by atoms with E-state index in [0.29, 0.717) is 6.04 Å². The minimum atomic E-state index is 0.550. The molecule has 1 aliphatic carbocycles. The molecule has 1 heterocycles. The first kappa shape index (κ1) is 12.9. The lowest BCUT2D eigenvalue weighted by atomic mass is 10.0. The predicted molar refractivity (Wildman–Crippen MR) is 86.8 cm³/mol. The van der Waals surface area contributed by atoms with E-state index < -0.39 is 0 Å². The van der Waals surface area contributed by atoms with E-state index in [1.165, 1.54) is 34.4 Å². The molecule has 2 aromatic carbocycles. The van der Waals surface area contributed by atoms with Crippen LogP contribution in [0.1, 0.15) is 30.4 Å². The average molecular weight is 279 g/mol. The number of hydrogen-bond donors (Lipinski definition) is 1. The summed E-state index contributed by atoms with van der Waals surface area (Å²) in [6, 6.07) is 16.1. The van der Waals surface area contributed by atoms with Crippen LogP contribution in [-0.4, -0.2) is 19.3 Å². The first-order valence-corrected chi connectivity index (χ1v) is 7.96. The van der Waals surface area contributed by atoms with Crippen molar-refractivity contribution in [3.63, 3.8) is 0 Å². The minimum Gasteiger partial charge on any atom is -0.382 e. The molecule has 108 valence electrons. The van der Waals surface area contributed by atoms with Gasteiger partial charge in [0.15, 0.2) is 0 Å². The summed E-state index contributed by atoms with van der Waals surface area (Å²) in [6.07, 6.45) is 4.54. The van der Waals surface area contributed by atoms with Crippen LogP contribution >= 0.6 is 0 Å². The van der Waals surface area contributed by atoms with Crippen LogP contribution in [0.5, 0.6) is 0 Å². The Morgan fingerprint density at radius 1 is 0.905 bits per heavy atom. The van der Waals surface area contributed by atoms with Crippen LogP contribution < -0.4 is 5.32 Å². The van der Waals surface area contributed by atoms with E-state index in [2.05, 4.69) is 47.8 Å². The van der Waals surface area contributed by atoms with Gasteiger partial charge < -0.3 is 10.1 Å². The Hall–Kier alpha value is -1.80. The lowest BCUT2D eigenvalue weighted by Gasteiger charge is -2.17. The Morgan fingerprint density at radius 3 is 2.81 bits per heavy atom. The molecule has 0 saturated carbocycles. The molecule has 2 aromatic rings. The van der Waals surface area contributed by atoms with Gasteiger partial charge in [-0.1, -0.05) is 30.3 Å². The molecular weight excluding hydrogens is 258 g/mol. The van der Waals surface area contributed by atoms with Gasteiger partial charge in [-0.05, 0) is 60.1 Å². The Labute approximate surface area is 126 Å². The molecule has 2 heteroatoms. The number of anilines is 1. The molecule has 1 unspecified atom stereocenters. The number of hydrogen-bond acceptors (Lipinski definition) is 2. The van der Waals surface area contributed by atoms with Crippen molar-refractivity contribution in [2.75, 3.05) is 18.5 Å². The highest BCUT2D eigenvalue weighted by atomic mass is 16.5. The molecule has 21 heavy (non-hydrogen) atoms. The third-order valence-corrected chi connectivity index (χ3v) is 4.62. The summed E-state index contributed by atoms with van der Waals surface area (Å²) in [5.74, 6) is 0. The molecule has 0 amide bonds. The summed E-state index contributed by atoms with van der Waals surface area (Å²) >= 11 is 0. The second kappa shape index (κ2) is 5.53. The highest BCUT2D eigenvalue weighted by Crippen LogP contribution is 2.37.